The molecule has 0 bridgehead atoms. The van der Waals surface area contributed by atoms with E-state index >= 15 is 0 Å². The van der Waals surface area contributed by atoms with Gasteiger partial charge in [0.2, 0.25) is 5.91 Å². The summed E-state index contributed by atoms with van der Waals surface area (Å²) in [5.74, 6) is -0.361. The molecule has 0 aliphatic rings. The van der Waals surface area contributed by atoms with Crippen LogP contribution < -0.4 is 5.32 Å². The molecule has 128 valence electrons. The van der Waals surface area contributed by atoms with E-state index in [1.165, 1.54) is 12.1 Å². The van der Waals surface area contributed by atoms with E-state index in [9.17, 15) is 9.18 Å². The van der Waals surface area contributed by atoms with Crippen molar-refractivity contribution in [2.24, 2.45) is 0 Å². The molecule has 4 nitrogen and oxygen atoms in total. The maximum Gasteiger partial charge on any atom is 0.220 e. The van der Waals surface area contributed by atoms with E-state index in [0.29, 0.717) is 12.8 Å². The van der Waals surface area contributed by atoms with Gasteiger partial charge < -0.3 is 9.84 Å². The van der Waals surface area contributed by atoms with Crippen LogP contribution in [0.4, 0.5) is 4.39 Å². The zero-order chi connectivity index (χ0) is 17.6. The smallest absolute Gasteiger partial charge is 0.220 e. The minimum absolute atomic E-state index is 0.0722. The molecule has 0 radical (unpaired) electrons. The molecule has 0 fully saturated rings. The van der Waals surface area contributed by atoms with Gasteiger partial charge in [0.25, 0.3) is 0 Å². The third-order valence-corrected chi connectivity index (χ3v) is 4.06. The molecular formula is C20H19FN2O2. The quantitative estimate of drug-likeness (QED) is 0.729. The molecule has 0 spiro atoms. The summed E-state index contributed by atoms with van der Waals surface area (Å²) in [6.07, 6.45) is 2.45. The molecule has 0 aliphatic carbocycles. The summed E-state index contributed by atoms with van der Waals surface area (Å²) in [5, 5.41) is 6.96. The molecule has 0 unspecified atom stereocenters. The maximum absolute atomic E-state index is 13.0. The SMILES string of the molecule is C[C@@H](NC(=O)CCc1conc1-c1ccccc1)c1ccc(F)cc1. The summed E-state index contributed by atoms with van der Waals surface area (Å²) >= 11 is 0. The third kappa shape index (κ3) is 4.32. The Bertz CT molecular complexity index is 828. The molecule has 1 aromatic heterocycles. The number of hydrogen-bond donors (Lipinski definition) is 1. The first-order valence-corrected chi connectivity index (χ1v) is 8.17. The molecule has 0 saturated carbocycles. The van der Waals surface area contributed by atoms with Crippen LogP contribution in [-0.4, -0.2) is 11.1 Å². The van der Waals surface area contributed by atoms with Gasteiger partial charge in [0, 0.05) is 17.5 Å². The number of halogens is 1. The largest absolute Gasteiger partial charge is 0.364 e. The summed E-state index contributed by atoms with van der Waals surface area (Å²) in [6, 6.07) is 15.7. The van der Waals surface area contributed by atoms with E-state index in [1.807, 2.05) is 37.3 Å². The second kappa shape index (κ2) is 7.75. The van der Waals surface area contributed by atoms with Crippen LogP contribution in [0.3, 0.4) is 0 Å². The van der Waals surface area contributed by atoms with Crippen LogP contribution in [0.1, 0.15) is 30.5 Å². The minimum atomic E-state index is -0.289. The van der Waals surface area contributed by atoms with Gasteiger partial charge in [-0.25, -0.2) is 4.39 Å². The Labute approximate surface area is 145 Å². The average molecular weight is 338 g/mol. The van der Waals surface area contributed by atoms with Crippen LogP contribution in [-0.2, 0) is 11.2 Å². The van der Waals surface area contributed by atoms with E-state index in [4.69, 9.17) is 4.52 Å². The molecule has 25 heavy (non-hydrogen) atoms. The van der Waals surface area contributed by atoms with Crippen LogP contribution in [0.15, 0.2) is 65.4 Å². The second-order valence-electron chi connectivity index (χ2n) is 5.90. The molecule has 2 aromatic carbocycles. The van der Waals surface area contributed by atoms with E-state index in [0.717, 1.165) is 22.4 Å². The van der Waals surface area contributed by atoms with Crippen LogP contribution in [0.25, 0.3) is 11.3 Å². The first-order chi connectivity index (χ1) is 12.1. The number of carbonyl (C=O) groups is 1. The summed E-state index contributed by atoms with van der Waals surface area (Å²) in [4.78, 5) is 12.2. The summed E-state index contributed by atoms with van der Waals surface area (Å²) in [5.41, 5.74) is 3.49. The Balaban J connectivity index is 1.58. The van der Waals surface area contributed by atoms with Crippen LogP contribution in [0, 0.1) is 5.82 Å². The number of rotatable bonds is 6. The average Bonchev–Trinajstić information content (AvgIpc) is 3.10. The van der Waals surface area contributed by atoms with Gasteiger partial charge in [-0.1, -0.05) is 47.6 Å². The summed E-state index contributed by atoms with van der Waals surface area (Å²) < 4.78 is 18.0. The highest BCUT2D eigenvalue weighted by atomic mass is 19.1. The van der Waals surface area contributed by atoms with Crippen molar-refractivity contribution < 1.29 is 13.7 Å². The Hall–Kier alpha value is -2.95. The standard InChI is InChI=1S/C20H19FN2O2/c1-14(15-7-10-18(21)11-8-15)22-19(24)12-9-17-13-25-23-20(17)16-5-3-2-4-6-16/h2-8,10-11,13-14H,9,12H2,1H3,(H,22,24)/t14-/m1/s1. The fourth-order valence-electron chi connectivity index (χ4n) is 2.67. The van der Waals surface area contributed by atoms with Gasteiger partial charge in [0.1, 0.15) is 17.8 Å². The number of hydrogen-bond acceptors (Lipinski definition) is 3. The van der Waals surface area contributed by atoms with Crippen molar-refractivity contribution in [1.29, 1.82) is 0 Å². The van der Waals surface area contributed by atoms with Crippen molar-refractivity contribution in [3.63, 3.8) is 0 Å². The highest BCUT2D eigenvalue weighted by Gasteiger charge is 2.14. The van der Waals surface area contributed by atoms with Crippen molar-refractivity contribution >= 4 is 5.91 Å². The van der Waals surface area contributed by atoms with Crippen molar-refractivity contribution in [2.75, 3.05) is 0 Å². The van der Waals surface area contributed by atoms with Gasteiger partial charge >= 0.3 is 0 Å². The van der Waals surface area contributed by atoms with Gasteiger partial charge in [-0.2, -0.15) is 0 Å². The minimum Gasteiger partial charge on any atom is -0.364 e. The first-order valence-electron chi connectivity index (χ1n) is 8.17. The number of aromatic nitrogens is 1. The van der Waals surface area contributed by atoms with Gasteiger partial charge in [-0.3, -0.25) is 4.79 Å². The molecule has 1 N–H and O–H groups in total. The van der Waals surface area contributed by atoms with Crippen molar-refractivity contribution in [3.05, 3.63) is 77.8 Å². The maximum atomic E-state index is 13.0. The van der Waals surface area contributed by atoms with Crippen LogP contribution in [0.2, 0.25) is 0 Å². The lowest BCUT2D eigenvalue weighted by atomic mass is 10.0. The fraction of sp³-hybridized carbons (Fsp3) is 0.200. The van der Waals surface area contributed by atoms with E-state index in [-0.39, 0.29) is 17.8 Å². The van der Waals surface area contributed by atoms with E-state index < -0.39 is 0 Å². The molecular weight excluding hydrogens is 319 g/mol. The van der Waals surface area contributed by atoms with E-state index in [2.05, 4.69) is 10.5 Å². The predicted molar refractivity (Wildman–Crippen MR) is 93.2 cm³/mol. The Kier molecular flexibility index (Phi) is 5.23. The summed E-state index contributed by atoms with van der Waals surface area (Å²) in [6.45, 7) is 1.87. The van der Waals surface area contributed by atoms with Crippen LogP contribution in [0.5, 0.6) is 0 Å². The monoisotopic (exact) mass is 338 g/mol. The highest BCUT2D eigenvalue weighted by Crippen LogP contribution is 2.23. The van der Waals surface area contributed by atoms with Crippen molar-refractivity contribution in [3.8, 4) is 11.3 Å². The highest BCUT2D eigenvalue weighted by molar-refractivity contribution is 5.77. The topological polar surface area (TPSA) is 55.1 Å². The Morgan fingerprint density at radius 1 is 1.16 bits per heavy atom. The molecule has 5 heteroatoms. The second-order valence-corrected chi connectivity index (χ2v) is 5.90. The lowest BCUT2D eigenvalue weighted by Gasteiger charge is -2.14. The fourth-order valence-corrected chi connectivity index (χ4v) is 2.67. The number of benzene rings is 2. The number of carbonyl (C=O) groups excluding carboxylic acids is 1. The van der Waals surface area contributed by atoms with Gasteiger partial charge in [0.05, 0.1) is 6.04 Å². The zero-order valence-electron chi connectivity index (χ0n) is 13.9. The predicted octanol–water partition coefficient (Wildman–Crippen LogP) is 4.29. The zero-order valence-corrected chi connectivity index (χ0v) is 13.9. The third-order valence-electron chi connectivity index (χ3n) is 4.06. The van der Waals surface area contributed by atoms with Crippen LogP contribution >= 0.6 is 0 Å². The van der Waals surface area contributed by atoms with Gasteiger partial charge in [-0.15, -0.1) is 0 Å². The molecule has 1 amide bonds. The summed E-state index contributed by atoms with van der Waals surface area (Å²) in [7, 11) is 0. The van der Waals surface area contributed by atoms with Gasteiger partial charge in [0.15, 0.2) is 0 Å². The molecule has 3 rings (SSSR count). The normalized spacial score (nSPS) is 11.9. The Morgan fingerprint density at radius 2 is 1.88 bits per heavy atom. The number of nitrogens with one attached hydrogen (secondary N) is 1. The van der Waals surface area contributed by atoms with Gasteiger partial charge in [-0.05, 0) is 31.0 Å². The molecule has 0 saturated heterocycles. The molecule has 0 aliphatic heterocycles. The first kappa shape index (κ1) is 16.9. The molecule has 1 atom stereocenters. The number of aryl methyl sites for hydroxylation is 1. The number of nitrogens with zero attached hydrogens (tertiary/aromatic N) is 1. The van der Waals surface area contributed by atoms with Crippen molar-refractivity contribution in [1.82, 2.24) is 10.5 Å². The molecule has 3 aromatic rings. The Morgan fingerprint density at radius 3 is 2.60 bits per heavy atom. The lowest BCUT2D eigenvalue weighted by Crippen LogP contribution is -2.26. The number of amides is 1. The lowest BCUT2D eigenvalue weighted by molar-refractivity contribution is -0.121. The van der Waals surface area contributed by atoms with Crippen molar-refractivity contribution in [2.45, 2.75) is 25.8 Å². The van der Waals surface area contributed by atoms with E-state index in [1.54, 1.807) is 18.4 Å². The molecule has 1 heterocycles.